The normalized spacial score (nSPS) is 18.1. The summed E-state index contributed by atoms with van der Waals surface area (Å²) < 4.78 is 0. The summed E-state index contributed by atoms with van der Waals surface area (Å²) in [6, 6.07) is 27.8. The van der Waals surface area contributed by atoms with Gasteiger partial charge in [0.25, 0.3) is 0 Å². The monoisotopic (exact) mass is 524 g/mol. The van der Waals surface area contributed by atoms with Crippen molar-refractivity contribution in [1.29, 1.82) is 0 Å². The van der Waals surface area contributed by atoms with E-state index in [1.54, 1.807) is 0 Å². The third kappa shape index (κ3) is 4.10. The molecule has 0 amide bonds. The summed E-state index contributed by atoms with van der Waals surface area (Å²) in [5.41, 5.74) is 20.9. The van der Waals surface area contributed by atoms with Gasteiger partial charge in [-0.05, 0) is 97.2 Å². The van der Waals surface area contributed by atoms with Crippen molar-refractivity contribution in [2.24, 2.45) is 0 Å². The Balaban J connectivity index is 1.47. The molecule has 2 aliphatic carbocycles. The SMILES string of the molecule is CC1=Cc2c(-c3cc(C)ccc3C)cccc2C1[Si](C)(C)C1C(C)=Cc2c(-c3cc(C)ccc3C)cccc21. The first-order valence-corrected chi connectivity index (χ1v) is 17.5. The second-order valence-corrected chi connectivity index (χ2v) is 17.5. The minimum absolute atomic E-state index is 0.501. The molecular formula is C38H40Si. The number of aryl methyl sites for hydroxylation is 4. The molecule has 0 heterocycles. The third-order valence-electron chi connectivity index (χ3n) is 9.41. The van der Waals surface area contributed by atoms with Crippen molar-refractivity contribution in [2.45, 2.75) is 65.7 Å². The molecule has 2 unspecified atom stereocenters. The van der Waals surface area contributed by atoms with Crippen LogP contribution in [0, 0.1) is 27.7 Å². The van der Waals surface area contributed by atoms with Crippen molar-refractivity contribution in [3.05, 3.63) is 128 Å². The fourth-order valence-corrected chi connectivity index (χ4v) is 12.7. The van der Waals surface area contributed by atoms with Crippen molar-refractivity contribution in [2.75, 3.05) is 0 Å². The van der Waals surface area contributed by atoms with Gasteiger partial charge in [-0.3, -0.25) is 0 Å². The van der Waals surface area contributed by atoms with E-state index >= 15 is 0 Å². The zero-order chi connectivity index (χ0) is 27.6. The van der Waals surface area contributed by atoms with Crippen LogP contribution in [0.5, 0.6) is 0 Å². The number of hydrogen-bond acceptors (Lipinski definition) is 0. The molecule has 0 N–H and O–H groups in total. The lowest BCUT2D eigenvalue weighted by Crippen LogP contribution is -2.42. The Kier molecular flexibility index (Phi) is 6.19. The van der Waals surface area contributed by atoms with Crippen LogP contribution in [0.4, 0.5) is 0 Å². The number of rotatable bonds is 4. The van der Waals surface area contributed by atoms with Crippen molar-refractivity contribution in [3.8, 4) is 22.3 Å². The summed E-state index contributed by atoms with van der Waals surface area (Å²) in [4.78, 5) is 0. The molecule has 0 spiro atoms. The summed E-state index contributed by atoms with van der Waals surface area (Å²) in [5, 5.41) is 0. The molecule has 0 fully saturated rings. The number of hydrogen-bond donors (Lipinski definition) is 0. The average Bonchev–Trinajstić information content (AvgIpc) is 3.43. The van der Waals surface area contributed by atoms with Gasteiger partial charge in [0.2, 0.25) is 0 Å². The molecule has 0 saturated carbocycles. The molecule has 0 saturated heterocycles. The predicted molar refractivity (Wildman–Crippen MR) is 173 cm³/mol. The summed E-state index contributed by atoms with van der Waals surface area (Å²) in [6.07, 6.45) is 5.01. The van der Waals surface area contributed by atoms with Gasteiger partial charge in [0.05, 0.1) is 8.07 Å². The Bertz CT molecular complexity index is 1570. The van der Waals surface area contributed by atoms with E-state index in [-0.39, 0.29) is 0 Å². The Labute approximate surface area is 236 Å². The number of fused-ring (bicyclic) bond motifs is 2. The summed E-state index contributed by atoms with van der Waals surface area (Å²) in [7, 11) is -1.90. The van der Waals surface area contributed by atoms with E-state index in [1.165, 1.54) is 77.9 Å². The van der Waals surface area contributed by atoms with Crippen LogP contribution >= 0.6 is 0 Å². The molecule has 0 bridgehead atoms. The summed E-state index contributed by atoms with van der Waals surface area (Å²) >= 11 is 0. The number of allylic oxidation sites excluding steroid dienone is 2. The van der Waals surface area contributed by atoms with E-state index in [0.717, 1.165) is 0 Å². The first-order valence-electron chi connectivity index (χ1n) is 14.4. The zero-order valence-electron chi connectivity index (χ0n) is 24.7. The molecule has 4 aromatic rings. The molecule has 4 aromatic carbocycles. The lowest BCUT2D eigenvalue weighted by atomic mass is 9.93. The van der Waals surface area contributed by atoms with Gasteiger partial charge in [-0.1, -0.05) is 120 Å². The highest BCUT2D eigenvalue weighted by Crippen LogP contribution is 2.54. The molecule has 0 nitrogen and oxygen atoms in total. The van der Waals surface area contributed by atoms with Gasteiger partial charge in [-0.25, -0.2) is 0 Å². The number of benzene rings is 4. The van der Waals surface area contributed by atoms with Gasteiger partial charge in [-0.15, -0.1) is 0 Å². The van der Waals surface area contributed by atoms with Crippen LogP contribution in [0.2, 0.25) is 13.1 Å². The van der Waals surface area contributed by atoms with Gasteiger partial charge in [0.15, 0.2) is 0 Å². The molecular weight excluding hydrogens is 485 g/mol. The summed E-state index contributed by atoms with van der Waals surface area (Å²) in [6.45, 7) is 18.9. The van der Waals surface area contributed by atoms with Gasteiger partial charge in [0.1, 0.15) is 0 Å². The van der Waals surface area contributed by atoms with Crippen molar-refractivity contribution >= 4 is 20.2 Å². The summed E-state index contributed by atoms with van der Waals surface area (Å²) in [5.74, 6) is 0. The molecule has 2 atom stereocenters. The first kappa shape index (κ1) is 25.8. The largest absolute Gasteiger partial charge is 0.0722 e. The molecule has 0 radical (unpaired) electrons. The maximum Gasteiger partial charge on any atom is 0.0722 e. The van der Waals surface area contributed by atoms with Gasteiger partial charge >= 0.3 is 0 Å². The van der Waals surface area contributed by atoms with E-state index in [9.17, 15) is 0 Å². The Hall–Kier alpha value is -3.42. The highest BCUT2D eigenvalue weighted by molar-refractivity contribution is 6.81. The van der Waals surface area contributed by atoms with E-state index in [0.29, 0.717) is 11.1 Å². The van der Waals surface area contributed by atoms with Crippen molar-refractivity contribution < 1.29 is 0 Å². The van der Waals surface area contributed by atoms with E-state index in [2.05, 4.69) is 140 Å². The smallest absolute Gasteiger partial charge is 0.0679 e. The van der Waals surface area contributed by atoms with Crippen LogP contribution in [-0.4, -0.2) is 8.07 Å². The maximum absolute atomic E-state index is 2.64. The quantitative estimate of drug-likeness (QED) is 0.233. The second kappa shape index (κ2) is 9.35. The molecule has 6 rings (SSSR count). The Morgan fingerprint density at radius 1 is 0.487 bits per heavy atom. The second-order valence-electron chi connectivity index (χ2n) is 12.7. The molecule has 0 aromatic heterocycles. The fraction of sp³-hybridized carbons (Fsp3) is 0.263. The highest BCUT2D eigenvalue weighted by atomic mass is 28.3. The minimum Gasteiger partial charge on any atom is -0.0679 e. The predicted octanol–water partition coefficient (Wildman–Crippen LogP) is 10.7. The third-order valence-corrected chi connectivity index (χ3v) is 13.9. The van der Waals surface area contributed by atoms with Crippen molar-refractivity contribution in [1.82, 2.24) is 0 Å². The van der Waals surface area contributed by atoms with Crippen LogP contribution in [0.1, 0.15) is 69.4 Å². The van der Waals surface area contributed by atoms with E-state index in [1.807, 2.05) is 0 Å². The van der Waals surface area contributed by atoms with Crippen LogP contribution < -0.4 is 0 Å². The molecule has 39 heavy (non-hydrogen) atoms. The van der Waals surface area contributed by atoms with Crippen LogP contribution in [0.3, 0.4) is 0 Å². The van der Waals surface area contributed by atoms with Crippen LogP contribution in [0.25, 0.3) is 34.4 Å². The topological polar surface area (TPSA) is 0 Å². The zero-order valence-corrected chi connectivity index (χ0v) is 25.7. The lowest BCUT2D eigenvalue weighted by molar-refractivity contribution is 0.968. The van der Waals surface area contributed by atoms with Gasteiger partial charge < -0.3 is 0 Å². The minimum atomic E-state index is -1.90. The molecule has 1 heteroatoms. The van der Waals surface area contributed by atoms with E-state index in [4.69, 9.17) is 0 Å². The van der Waals surface area contributed by atoms with Crippen LogP contribution in [0.15, 0.2) is 83.9 Å². The van der Waals surface area contributed by atoms with E-state index < -0.39 is 8.07 Å². The molecule has 0 aliphatic heterocycles. The van der Waals surface area contributed by atoms with Gasteiger partial charge in [0, 0.05) is 11.1 Å². The van der Waals surface area contributed by atoms with Crippen molar-refractivity contribution in [3.63, 3.8) is 0 Å². The molecule has 196 valence electrons. The van der Waals surface area contributed by atoms with Crippen LogP contribution in [-0.2, 0) is 0 Å². The lowest BCUT2D eigenvalue weighted by Gasteiger charge is -2.39. The Morgan fingerprint density at radius 3 is 1.31 bits per heavy atom. The fourth-order valence-electron chi connectivity index (χ4n) is 7.77. The molecule has 2 aliphatic rings. The first-order chi connectivity index (χ1) is 18.6. The highest BCUT2D eigenvalue weighted by Gasteiger charge is 2.47. The Morgan fingerprint density at radius 2 is 0.897 bits per heavy atom. The standard InChI is InChI=1S/C38H40Si/c1-23-15-17-25(3)33(19-23)29-11-9-13-31-35(29)21-27(5)37(31)39(7,8)38-28(6)22-36-30(12-10-14-32(36)38)34-20-24(2)16-18-26(34)4/h9-22,37-38H,1-8H3. The maximum atomic E-state index is 2.64. The average molecular weight is 525 g/mol. The van der Waals surface area contributed by atoms with Gasteiger partial charge in [-0.2, -0.15) is 0 Å².